The van der Waals surface area contributed by atoms with E-state index in [9.17, 15) is 18.3 Å². The lowest BCUT2D eigenvalue weighted by molar-refractivity contribution is 0.0115. The van der Waals surface area contributed by atoms with Crippen LogP contribution in [0.15, 0.2) is 48.6 Å². The van der Waals surface area contributed by atoms with E-state index in [1.807, 2.05) is 24.3 Å². The van der Waals surface area contributed by atoms with Gasteiger partial charge in [0.15, 0.2) is 0 Å². The molecule has 4 atom stereocenters. The predicted molar refractivity (Wildman–Crippen MR) is 158 cm³/mol. The molecule has 2 heterocycles. The molecule has 7 nitrogen and oxygen atoms in total. The summed E-state index contributed by atoms with van der Waals surface area (Å²) in [6.07, 6.45) is 9.38. The van der Waals surface area contributed by atoms with Crippen LogP contribution in [0.2, 0.25) is 5.02 Å². The van der Waals surface area contributed by atoms with Crippen molar-refractivity contribution in [2.45, 2.75) is 76.3 Å². The number of nitrogens with one attached hydrogen (secondary N) is 1. The van der Waals surface area contributed by atoms with Crippen molar-refractivity contribution in [2.24, 2.45) is 11.8 Å². The molecule has 0 saturated heterocycles. The third kappa shape index (κ3) is 6.50. The molecule has 2 bridgehead atoms. The van der Waals surface area contributed by atoms with Gasteiger partial charge in [0.1, 0.15) is 12.4 Å². The highest BCUT2D eigenvalue weighted by molar-refractivity contribution is 7.90. The summed E-state index contributed by atoms with van der Waals surface area (Å²) in [5.41, 5.74) is 3.30. The number of anilines is 1. The van der Waals surface area contributed by atoms with Gasteiger partial charge in [0.2, 0.25) is 10.0 Å². The van der Waals surface area contributed by atoms with E-state index in [1.54, 1.807) is 31.2 Å². The van der Waals surface area contributed by atoms with Gasteiger partial charge >= 0.3 is 0 Å². The standard InChI is InChI=1S/C31H39ClN2O5S/c1-2-26-8-3-4-9-29(35)27-14-11-23(27)19-34-16-6-5-7-21-17-25(32)13-10-24(21)20-39-30-15-12-22(18-28(30)34)31(36)33-40(26,37)38/h3,8,10,12-13,15,17-18,23,26-27,29,35H,2,4-7,9,11,14,16,19-20H2,1H3,(H,33,36)/b8-3+/t23-,26+,27+,29-/m0/s1. The fourth-order valence-electron chi connectivity index (χ4n) is 6.14. The van der Waals surface area contributed by atoms with Crippen LogP contribution >= 0.6 is 11.6 Å². The van der Waals surface area contributed by atoms with E-state index < -0.39 is 27.3 Å². The van der Waals surface area contributed by atoms with Gasteiger partial charge in [-0.1, -0.05) is 36.7 Å². The molecule has 3 aliphatic rings. The molecule has 1 amide bonds. The summed E-state index contributed by atoms with van der Waals surface area (Å²) in [6, 6.07) is 11.0. The molecule has 0 aromatic heterocycles. The van der Waals surface area contributed by atoms with Gasteiger partial charge < -0.3 is 14.7 Å². The van der Waals surface area contributed by atoms with Gasteiger partial charge in [0.25, 0.3) is 5.91 Å². The number of ether oxygens (including phenoxy) is 1. The number of benzene rings is 2. The molecule has 40 heavy (non-hydrogen) atoms. The van der Waals surface area contributed by atoms with Crippen molar-refractivity contribution in [1.82, 2.24) is 4.72 Å². The number of hydrogen-bond donors (Lipinski definition) is 2. The Balaban J connectivity index is 1.53. The molecule has 0 unspecified atom stereocenters. The summed E-state index contributed by atoms with van der Waals surface area (Å²) in [5.74, 6) is 0.539. The lowest BCUT2D eigenvalue weighted by Crippen LogP contribution is -2.44. The lowest BCUT2D eigenvalue weighted by atomic mass is 9.69. The van der Waals surface area contributed by atoms with Gasteiger partial charge in [0, 0.05) is 23.7 Å². The quantitative estimate of drug-likeness (QED) is 0.420. The molecule has 2 N–H and O–H groups in total. The van der Waals surface area contributed by atoms with Crippen LogP contribution in [0.1, 0.15) is 73.4 Å². The monoisotopic (exact) mass is 586 g/mol. The van der Waals surface area contributed by atoms with Gasteiger partial charge in [-0.05, 0) is 105 Å². The Labute approximate surface area is 242 Å². The average Bonchev–Trinajstić information content (AvgIpc) is 2.93. The average molecular weight is 587 g/mol. The number of carbonyl (C=O) groups is 1. The van der Waals surface area contributed by atoms with Crippen LogP contribution in [0, 0.1) is 11.8 Å². The first-order valence-electron chi connectivity index (χ1n) is 14.4. The fourth-order valence-corrected chi connectivity index (χ4v) is 7.62. The SMILES string of the molecule is CC[C@@H]1/C=C/CC[C@H](O)[C@@H]2CC[C@H]2CN2CCCCc3cc(Cl)ccc3COc3ccc(cc32)C(=O)NS1(=O)=O. The van der Waals surface area contributed by atoms with E-state index in [1.165, 1.54) is 5.56 Å². The van der Waals surface area contributed by atoms with Crippen molar-refractivity contribution in [3.8, 4) is 5.75 Å². The minimum atomic E-state index is -3.93. The van der Waals surface area contributed by atoms with E-state index in [0.29, 0.717) is 42.6 Å². The minimum Gasteiger partial charge on any atom is -0.487 e. The van der Waals surface area contributed by atoms with Crippen LogP contribution in [-0.4, -0.2) is 43.9 Å². The molecule has 1 saturated carbocycles. The van der Waals surface area contributed by atoms with Crippen LogP contribution in [0.5, 0.6) is 5.75 Å². The summed E-state index contributed by atoms with van der Waals surface area (Å²) < 4.78 is 34.8. The number of hydrogen-bond acceptors (Lipinski definition) is 6. The van der Waals surface area contributed by atoms with Crippen LogP contribution in [0.3, 0.4) is 0 Å². The topological polar surface area (TPSA) is 95.9 Å². The zero-order chi connectivity index (χ0) is 28.3. The van der Waals surface area contributed by atoms with E-state index >= 15 is 0 Å². The van der Waals surface area contributed by atoms with Gasteiger partial charge in [-0.25, -0.2) is 13.1 Å². The molecule has 9 heteroatoms. The number of rotatable bonds is 1. The Morgan fingerprint density at radius 1 is 1.10 bits per heavy atom. The third-order valence-electron chi connectivity index (χ3n) is 8.68. The summed E-state index contributed by atoms with van der Waals surface area (Å²) in [5, 5.41) is 10.9. The van der Waals surface area contributed by atoms with Gasteiger partial charge in [-0.15, -0.1) is 0 Å². The predicted octanol–water partition coefficient (Wildman–Crippen LogP) is 5.64. The summed E-state index contributed by atoms with van der Waals surface area (Å²) in [7, 11) is -3.93. The third-order valence-corrected chi connectivity index (χ3v) is 10.7. The molecule has 1 aliphatic carbocycles. The Morgan fingerprint density at radius 3 is 2.73 bits per heavy atom. The van der Waals surface area contributed by atoms with Crippen molar-refractivity contribution >= 4 is 33.2 Å². The number of aliphatic hydroxyl groups is 1. The van der Waals surface area contributed by atoms with E-state index in [0.717, 1.165) is 56.4 Å². The van der Waals surface area contributed by atoms with Gasteiger partial charge in [-0.3, -0.25) is 4.79 Å². The minimum absolute atomic E-state index is 0.201. The maximum atomic E-state index is 13.3. The molecular formula is C31H39ClN2O5S. The van der Waals surface area contributed by atoms with Crippen LogP contribution in [0.4, 0.5) is 5.69 Å². The molecule has 0 radical (unpaired) electrons. The van der Waals surface area contributed by atoms with Gasteiger partial charge in [-0.2, -0.15) is 0 Å². The van der Waals surface area contributed by atoms with Crippen molar-refractivity contribution in [3.05, 3.63) is 70.3 Å². The van der Waals surface area contributed by atoms with Crippen LogP contribution < -0.4 is 14.4 Å². The summed E-state index contributed by atoms with van der Waals surface area (Å²) >= 11 is 6.29. The number of allylic oxidation sites excluding steroid dienone is 1. The number of aliphatic hydroxyl groups excluding tert-OH is 1. The number of aryl methyl sites for hydroxylation is 1. The second-order valence-corrected chi connectivity index (χ2v) is 13.6. The van der Waals surface area contributed by atoms with Crippen LogP contribution in [-0.2, 0) is 23.1 Å². The zero-order valence-corrected chi connectivity index (χ0v) is 24.6. The van der Waals surface area contributed by atoms with Crippen molar-refractivity contribution in [3.63, 3.8) is 0 Å². The van der Waals surface area contributed by atoms with Crippen molar-refractivity contribution < 1.29 is 23.1 Å². The highest BCUT2D eigenvalue weighted by atomic mass is 35.5. The Hall–Kier alpha value is -2.55. The number of halogens is 1. The molecule has 216 valence electrons. The second kappa shape index (κ2) is 12.5. The largest absolute Gasteiger partial charge is 0.487 e. The molecule has 1 fully saturated rings. The molecular weight excluding hydrogens is 548 g/mol. The lowest BCUT2D eigenvalue weighted by Gasteiger charge is -2.43. The normalized spacial score (nSPS) is 28.0. The van der Waals surface area contributed by atoms with Crippen molar-refractivity contribution in [1.29, 1.82) is 0 Å². The van der Waals surface area contributed by atoms with Gasteiger partial charge in [0.05, 0.1) is 17.0 Å². The zero-order valence-electron chi connectivity index (χ0n) is 23.0. The Bertz CT molecular complexity index is 1360. The molecule has 0 spiro atoms. The highest BCUT2D eigenvalue weighted by Crippen LogP contribution is 2.41. The van der Waals surface area contributed by atoms with Crippen molar-refractivity contribution in [2.75, 3.05) is 18.0 Å². The first-order chi connectivity index (χ1) is 19.2. The van der Waals surface area contributed by atoms with Crippen LogP contribution in [0.25, 0.3) is 0 Å². The van der Waals surface area contributed by atoms with E-state index in [-0.39, 0.29) is 11.5 Å². The first-order valence-corrected chi connectivity index (χ1v) is 16.4. The molecule has 2 aromatic rings. The molecule has 2 aromatic carbocycles. The van der Waals surface area contributed by atoms with E-state index in [4.69, 9.17) is 16.3 Å². The summed E-state index contributed by atoms with van der Waals surface area (Å²) in [4.78, 5) is 15.5. The number of sulfonamides is 1. The highest BCUT2D eigenvalue weighted by Gasteiger charge is 2.37. The maximum absolute atomic E-state index is 13.3. The number of nitrogens with zero attached hydrogens (tertiary/aromatic N) is 1. The van der Waals surface area contributed by atoms with E-state index in [2.05, 4.69) is 9.62 Å². The molecule has 2 aliphatic heterocycles. The number of amides is 1. The number of carbonyl (C=O) groups excluding carboxylic acids is 1. The smallest absolute Gasteiger partial charge is 0.264 e. The Kier molecular flexibility index (Phi) is 9.08. The Morgan fingerprint density at radius 2 is 1.95 bits per heavy atom. The summed E-state index contributed by atoms with van der Waals surface area (Å²) in [6.45, 7) is 3.65. The maximum Gasteiger partial charge on any atom is 0.264 e. The molecule has 5 rings (SSSR count). The fraction of sp³-hybridized carbons (Fsp3) is 0.516. The first kappa shape index (κ1) is 29.0. The second-order valence-electron chi connectivity index (χ2n) is 11.3. The number of fused-ring (bicyclic) bond motifs is 3.